The van der Waals surface area contributed by atoms with Crippen LogP contribution in [0.4, 0.5) is 14.5 Å². The van der Waals surface area contributed by atoms with Gasteiger partial charge in [0.05, 0.1) is 17.8 Å². The summed E-state index contributed by atoms with van der Waals surface area (Å²) in [5, 5.41) is 3.21. The average Bonchev–Trinajstić information content (AvgIpc) is 2.61. The number of hydrogen-bond acceptors (Lipinski definition) is 2. The van der Waals surface area contributed by atoms with Gasteiger partial charge >= 0.3 is 0 Å². The fourth-order valence-corrected chi connectivity index (χ4v) is 2.61. The number of halogens is 3. The van der Waals surface area contributed by atoms with Gasteiger partial charge in [0.1, 0.15) is 11.6 Å². The lowest BCUT2D eigenvalue weighted by atomic mass is 9.99. The molecular formula is C15H11BrF2N2. The van der Waals surface area contributed by atoms with Crippen molar-refractivity contribution in [3.05, 3.63) is 63.6 Å². The summed E-state index contributed by atoms with van der Waals surface area (Å²) >= 11 is 3.38. The van der Waals surface area contributed by atoms with E-state index in [2.05, 4.69) is 26.2 Å². The molecule has 0 spiro atoms. The molecule has 1 N–H and O–H groups in total. The maximum absolute atomic E-state index is 14.0. The van der Waals surface area contributed by atoms with Crippen molar-refractivity contribution >= 4 is 27.3 Å². The molecule has 2 aromatic rings. The van der Waals surface area contributed by atoms with E-state index in [-0.39, 0.29) is 5.56 Å². The van der Waals surface area contributed by atoms with Gasteiger partial charge in [0.25, 0.3) is 0 Å². The van der Waals surface area contributed by atoms with Crippen molar-refractivity contribution in [1.29, 1.82) is 0 Å². The van der Waals surface area contributed by atoms with Crippen molar-refractivity contribution in [3.63, 3.8) is 0 Å². The zero-order valence-corrected chi connectivity index (χ0v) is 12.0. The van der Waals surface area contributed by atoms with Crippen LogP contribution in [0.2, 0.25) is 0 Å². The van der Waals surface area contributed by atoms with E-state index >= 15 is 0 Å². The van der Waals surface area contributed by atoms with E-state index in [9.17, 15) is 8.78 Å². The summed E-state index contributed by atoms with van der Waals surface area (Å²) in [6.07, 6.45) is 0. The lowest BCUT2D eigenvalue weighted by Gasteiger charge is -2.12. The zero-order chi connectivity index (χ0) is 14.1. The van der Waals surface area contributed by atoms with Gasteiger partial charge in [-0.1, -0.05) is 22.0 Å². The minimum Gasteiger partial charge on any atom is -0.383 e. The van der Waals surface area contributed by atoms with Gasteiger partial charge in [-0.05, 0) is 30.3 Å². The lowest BCUT2D eigenvalue weighted by Crippen LogP contribution is -2.10. The standard InChI is InChI=1S/C15H11BrF2N2/c16-9-4-5-13-10(8-9)15(20-7-6-19-13)14-11(17)2-1-3-12(14)18/h1-5,8,19H,6-7H2. The van der Waals surface area contributed by atoms with E-state index in [0.29, 0.717) is 24.4 Å². The average molecular weight is 337 g/mol. The Labute approximate surface area is 123 Å². The minimum absolute atomic E-state index is 0.0736. The summed E-state index contributed by atoms with van der Waals surface area (Å²) in [6.45, 7) is 1.10. The Morgan fingerprint density at radius 1 is 1.10 bits per heavy atom. The number of nitrogens with one attached hydrogen (secondary N) is 1. The molecule has 20 heavy (non-hydrogen) atoms. The molecule has 2 aromatic carbocycles. The first-order chi connectivity index (χ1) is 9.66. The highest BCUT2D eigenvalue weighted by Crippen LogP contribution is 2.27. The highest BCUT2D eigenvalue weighted by atomic mass is 79.9. The maximum Gasteiger partial charge on any atom is 0.135 e. The van der Waals surface area contributed by atoms with Gasteiger partial charge in [0.2, 0.25) is 0 Å². The molecule has 102 valence electrons. The van der Waals surface area contributed by atoms with Gasteiger partial charge in [-0.25, -0.2) is 8.78 Å². The van der Waals surface area contributed by atoms with Crippen LogP contribution < -0.4 is 5.32 Å². The molecule has 0 saturated carbocycles. The molecule has 1 aliphatic rings. The molecule has 0 atom stereocenters. The molecule has 0 aromatic heterocycles. The lowest BCUT2D eigenvalue weighted by molar-refractivity contribution is 0.579. The van der Waals surface area contributed by atoms with Gasteiger partial charge in [0.15, 0.2) is 0 Å². The molecule has 0 radical (unpaired) electrons. The van der Waals surface area contributed by atoms with Crippen LogP contribution in [0.1, 0.15) is 11.1 Å². The van der Waals surface area contributed by atoms with Crippen LogP contribution >= 0.6 is 15.9 Å². The Bertz CT molecular complexity index is 678. The number of nitrogens with zero attached hydrogens (tertiary/aromatic N) is 1. The van der Waals surface area contributed by atoms with Crippen molar-refractivity contribution in [3.8, 4) is 0 Å². The van der Waals surface area contributed by atoms with Crippen molar-refractivity contribution in [2.75, 3.05) is 18.4 Å². The van der Waals surface area contributed by atoms with Gasteiger partial charge in [-0.15, -0.1) is 0 Å². The van der Waals surface area contributed by atoms with Crippen molar-refractivity contribution in [2.45, 2.75) is 0 Å². The molecule has 5 heteroatoms. The smallest absolute Gasteiger partial charge is 0.135 e. The number of benzene rings is 2. The third kappa shape index (κ3) is 2.33. The van der Waals surface area contributed by atoms with Crippen molar-refractivity contribution in [2.24, 2.45) is 4.99 Å². The van der Waals surface area contributed by atoms with E-state index in [0.717, 1.165) is 10.2 Å². The second-order valence-electron chi connectivity index (χ2n) is 4.44. The fourth-order valence-electron chi connectivity index (χ4n) is 2.25. The summed E-state index contributed by atoms with van der Waals surface area (Å²) in [4.78, 5) is 4.35. The van der Waals surface area contributed by atoms with Crippen LogP contribution in [-0.4, -0.2) is 18.8 Å². The van der Waals surface area contributed by atoms with E-state index in [1.807, 2.05) is 18.2 Å². The molecule has 2 nitrogen and oxygen atoms in total. The SMILES string of the molecule is Fc1cccc(F)c1C1=NCCNc2ccc(Br)cc21. The molecule has 0 unspecified atom stereocenters. The van der Waals surface area contributed by atoms with Gasteiger partial charge < -0.3 is 5.32 Å². The second-order valence-corrected chi connectivity index (χ2v) is 5.36. The summed E-state index contributed by atoms with van der Waals surface area (Å²) < 4.78 is 28.9. The Morgan fingerprint density at radius 2 is 1.85 bits per heavy atom. The highest BCUT2D eigenvalue weighted by Gasteiger charge is 2.21. The third-order valence-electron chi connectivity index (χ3n) is 3.13. The Morgan fingerprint density at radius 3 is 2.60 bits per heavy atom. The number of anilines is 1. The van der Waals surface area contributed by atoms with Crippen LogP contribution in [0.25, 0.3) is 0 Å². The molecule has 1 aliphatic heterocycles. The summed E-state index contributed by atoms with van der Waals surface area (Å²) in [7, 11) is 0. The first-order valence-corrected chi connectivity index (χ1v) is 6.99. The number of aliphatic imine (C=N–C) groups is 1. The molecule has 1 heterocycles. The van der Waals surface area contributed by atoms with Crippen LogP contribution in [0, 0.1) is 11.6 Å². The molecular weight excluding hydrogens is 326 g/mol. The topological polar surface area (TPSA) is 24.4 Å². The van der Waals surface area contributed by atoms with E-state index < -0.39 is 11.6 Å². The highest BCUT2D eigenvalue weighted by molar-refractivity contribution is 9.10. The minimum atomic E-state index is -0.600. The molecule has 0 amide bonds. The zero-order valence-electron chi connectivity index (χ0n) is 10.5. The normalized spacial score (nSPS) is 14.1. The van der Waals surface area contributed by atoms with Gasteiger partial charge in [-0.2, -0.15) is 0 Å². The monoisotopic (exact) mass is 336 g/mol. The van der Waals surface area contributed by atoms with Crippen LogP contribution in [0.15, 0.2) is 45.9 Å². The Kier molecular flexibility index (Phi) is 3.53. The van der Waals surface area contributed by atoms with Crippen LogP contribution in [0.5, 0.6) is 0 Å². The van der Waals surface area contributed by atoms with E-state index in [1.165, 1.54) is 18.2 Å². The first kappa shape index (κ1) is 13.2. The molecule has 0 saturated heterocycles. The van der Waals surface area contributed by atoms with Crippen molar-refractivity contribution in [1.82, 2.24) is 0 Å². The summed E-state index contributed by atoms with van der Waals surface area (Å²) in [6, 6.07) is 9.42. The predicted octanol–water partition coefficient (Wildman–Crippen LogP) is 3.99. The predicted molar refractivity (Wildman–Crippen MR) is 79.5 cm³/mol. The number of rotatable bonds is 1. The summed E-state index contributed by atoms with van der Waals surface area (Å²) in [5.41, 5.74) is 1.80. The molecule has 3 rings (SSSR count). The fraction of sp³-hybridized carbons (Fsp3) is 0.133. The Hall–Kier alpha value is -1.75. The molecule has 0 aliphatic carbocycles. The van der Waals surface area contributed by atoms with Crippen molar-refractivity contribution < 1.29 is 8.78 Å². The van der Waals surface area contributed by atoms with E-state index in [4.69, 9.17) is 0 Å². The Balaban J connectivity index is 2.24. The largest absolute Gasteiger partial charge is 0.383 e. The summed E-state index contributed by atoms with van der Waals surface area (Å²) in [5.74, 6) is -1.20. The number of fused-ring (bicyclic) bond motifs is 1. The van der Waals surface area contributed by atoms with Crippen LogP contribution in [-0.2, 0) is 0 Å². The number of benzodiazepines with no additional fused rings is 1. The maximum atomic E-state index is 14.0. The number of hydrogen-bond donors (Lipinski definition) is 1. The third-order valence-corrected chi connectivity index (χ3v) is 3.63. The van der Waals surface area contributed by atoms with Crippen LogP contribution in [0.3, 0.4) is 0 Å². The van der Waals surface area contributed by atoms with Gasteiger partial charge in [-0.3, -0.25) is 4.99 Å². The van der Waals surface area contributed by atoms with E-state index in [1.54, 1.807) is 0 Å². The first-order valence-electron chi connectivity index (χ1n) is 6.19. The van der Waals surface area contributed by atoms with Gasteiger partial charge in [0, 0.05) is 22.3 Å². The molecule has 0 fully saturated rings. The quantitative estimate of drug-likeness (QED) is 0.836. The molecule has 0 bridgehead atoms. The second kappa shape index (κ2) is 5.32.